The Morgan fingerprint density at radius 3 is 2.60 bits per heavy atom. The molecule has 1 fully saturated rings. The molecule has 0 aliphatic carbocycles. The SMILES string of the molecule is O=C(NCc1cccc(NC(=O)N2CCCC2)c1)c1ccc(-c2ccccc2F)s1. The van der Waals surface area contributed by atoms with Crippen LogP contribution in [0.5, 0.6) is 0 Å². The normalized spacial score (nSPS) is 13.3. The lowest BCUT2D eigenvalue weighted by molar-refractivity contribution is 0.0955. The number of carbonyl (C=O) groups excluding carboxylic acids is 2. The number of nitrogens with zero attached hydrogens (tertiary/aromatic N) is 1. The fraction of sp³-hybridized carbons (Fsp3) is 0.217. The molecule has 0 saturated carbocycles. The third-order valence-corrected chi connectivity index (χ3v) is 6.11. The zero-order valence-corrected chi connectivity index (χ0v) is 17.2. The second-order valence-corrected chi connectivity index (χ2v) is 8.23. The Kier molecular flexibility index (Phi) is 6.09. The highest BCUT2D eigenvalue weighted by molar-refractivity contribution is 7.17. The smallest absolute Gasteiger partial charge is 0.321 e. The van der Waals surface area contributed by atoms with Crippen LogP contribution in [0.25, 0.3) is 10.4 Å². The molecular formula is C23H22FN3O2S. The molecule has 0 unspecified atom stereocenters. The van der Waals surface area contributed by atoms with E-state index in [-0.39, 0.29) is 17.8 Å². The van der Waals surface area contributed by atoms with Crippen LogP contribution in [-0.4, -0.2) is 29.9 Å². The van der Waals surface area contributed by atoms with Gasteiger partial charge in [0.15, 0.2) is 0 Å². The fourth-order valence-electron chi connectivity index (χ4n) is 3.42. The molecule has 2 N–H and O–H groups in total. The first-order chi connectivity index (χ1) is 14.6. The first-order valence-electron chi connectivity index (χ1n) is 9.88. The molecule has 3 amide bonds. The van der Waals surface area contributed by atoms with Gasteiger partial charge in [0.2, 0.25) is 0 Å². The molecule has 1 aliphatic rings. The van der Waals surface area contributed by atoms with Crippen LogP contribution < -0.4 is 10.6 Å². The first kappa shape index (κ1) is 20.1. The quantitative estimate of drug-likeness (QED) is 0.599. The maximum Gasteiger partial charge on any atom is 0.321 e. The van der Waals surface area contributed by atoms with Gasteiger partial charge in [-0.1, -0.05) is 30.3 Å². The van der Waals surface area contributed by atoms with Gasteiger partial charge in [0.25, 0.3) is 5.91 Å². The molecule has 2 aromatic carbocycles. The second kappa shape index (κ2) is 9.09. The van der Waals surface area contributed by atoms with Crippen LogP contribution in [0.4, 0.5) is 14.9 Å². The van der Waals surface area contributed by atoms with Crippen LogP contribution in [-0.2, 0) is 6.54 Å². The molecule has 5 nitrogen and oxygen atoms in total. The van der Waals surface area contributed by atoms with E-state index in [1.165, 1.54) is 17.4 Å². The highest BCUT2D eigenvalue weighted by Crippen LogP contribution is 2.30. The van der Waals surface area contributed by atoms with E-state index in [2.05, 4.69) is 10.6 Å². The summed E-state index contributed by atoms with van der Waals surface area (Å²) in [5.74, 6) is -0.520. The Bertz CT molecular complexity index is 1060. The number of amides is 3. The van der Waals surface area contributed by atoms with E-state index in [9.17, 15) is 14.0 Å². The predicted molar refractivity (Wildman–Crippen MR) is 117 cm³/mol. The predicted octanol–water partition coefficient (Wildman–Crippen LogP) is 5.11. The number of benzene rings is 2. The van der Waals surface area contributed by atoms with E-state index in [1.807, 2.05) is 24.3 Å². The van der Waals surface area contributed by atoms with Gasteiger partial charge >= 0.3 is 6.03 Å². The summed E-state index contributed by atoms with van der Waals surface area (Å²) in [7, 11) is 0. The third kappa shape index (κ3) is 4.68. The number of urea groups is 1. The van der Waals surface area contributed by atoms with Crippen LogP contribution in [0.2, 0.25) is 0 Å². The number of halogens is 1. The van der Waals surface area contributed by atoms with Gasteiger partial charge in [-0.15, -0.1) is 11.3 Å². The number of carbonyl (C=O) groups is 2. The number of nitrogens with one attached hydrogen (secondary N) is 2. The largest absolute Gasteiger partial charge is 0.347 e. The van der Waals surface area contributed by atoms with Gasteiger partial charge in [-0.25, -0.2) is 9.18 Å². The zero-order chi connectivity index (χ0) is 20.9. The highest BCUT2D eigenvalue weighted by atomic mass is 32.1. The van der Waals surface area contributed by atoms with Gasteiger partial charge in [-0.3, -0.25) is 4.79 Å². The van der Waals surface area contributed by atoms with Crippen molar-refractivity contribution in [3.63, 3.8) is 0 Å². The average Bonchev–Trinajstić information content (AvgIpc) is 3.45. The number of thiophene rings is 1. The zero-order valence-electron chi connectivity index (χ0n) is 16.4. The monoisotopic (exact) mass is 423 g/mol. The summed E-state index contributed by atoms with van der Waals surface area (Å²) in [6, 6.07) is 17.3. The molecular weight excluding hydrogens is 401 g/mol. The lowest BCUT2D eigenvalue weighted by atomic mass is 10.2. The summed E-state index contributed by atoms with van der Waals surface area (Å²) in [5.41, 5.74) is 2.08. The van der Waals surface area contributed by atoms with Crippen LogP contribution in [0.15, 0.2) is 60.7 Å². The third-order valence-electron chi connectivity index (χ3n) is 4.99. The Hall–Kier alpha value is -3.19. The summed E-state index contributed by atoms with van der Waals surface area (Å²) < 4.78 is 14.0. The molecule has 3 aromatic rings. The molecule has 1 aromatic heterocycles. The van der Waals surface area contributed by atoms with E-state index < -0.39 is 0 Å². The topological polar surface area (TPSA) is 61.4 Å². The highest BCUT2D eigenvalue weighted by Gasteiger charge is 2.18. The maximum atomic E-state index is 14.0. The molecule has 7 heteroatoms. The van der Waals surface area contributed by atoms with Gasteiger partial charge in [-0.2, -0.15) is 0 Å². The summed E-state index contributed by atoms with van der Waals surface area (Å²) in [6.45, 7) is 1.91. The Balaban J connectivity index is 1.36. The molecule has 1 aliphatic heterocycles. The van der Waals surface area contributed by atoms with Crippen molar-refractivity contribution in [1.82, 2.24) is 10.2 Å². The number of hydrogen-bond donors (Lipinski definition) is 2. The van der Waals surface area contributed by atoms with Crippen LogP contribution in [0, 0.1) is 5.82 Å². The van der Waals surface area contributed by atoms with Crippen molar-refractivity contribution in [1.29, 1.82) is 0 Å². The van der Waals surface area contributed by atoms with Crippen LogP contribution in [0.3, 0.4) is 0 Å². The average molecular weight is 424 g/mol. The van der Waals surface area contributed by atoms with Crippen molar-refractivity contribution < 1.29 is 14.0 Å². The van der Waals surface area contributed by atoms with Crippen molar-refractivity contribution in [2.45, 2.75) is 19.4 Å². The lowest BCUT2D eigenvalue weighted by Gasteiger charge is -2.16. The van der Waals surface area contributed by atoms with Crippen molar-refractivity contribution in [3.05, 3.63) is 76.9 Å². The molecule has 0 bridgehead atoms. The Morgan fingerprint density at radius 2 is 1.80 bits per heavy atom. The van der Waals surface area contributed by atoms with E-state index in [1.54, 1.807) is 35.2 Å². The van der Waals surface area contributed by atoms with Crippen LogP contribution in [0.1, 0.15) is 28.1 Å². The van der Waals surface area contributed by atoms with Crippen molar-refractivity contribution in [2.75, 3.05) is 18.4 Å². The number of rotatable bonds is 5. The minimum atomic E-state index is -0.306. The number of likely N-dealkylation sites (tertiary alicyclic amines) is 1. The van der Waals surface area contributed by atoms with E-state index in [0.717, 1.165) is 31.5 Å². The van der Waals surface area contributed by atoms with E-state index in [4.69, 9.17) is 0 Å². The summed E-state index contributed by atoms with van der Waals surface area (Å²) >= 11 is 1.25. The second-order valence-electron chi connectivity index (χ2n) is 7.15. The first-order valence-corrected chi connectivity index (χ1v) is 10.7. The number of hydrogen-bond acceptors (Lipinski definition) is 3. The standard InChI is InChI=1S/C23H22FN3O2S/c24-19-9-2-1-8-18(19)20-10-11-21(30-20)22(28)25-15-16-6-5-7-17(14-16)26-23(29)27-12-3-4-13-27/h1-2,5-11,14H,3-4,12-13,15H2,(H,25,28)(H,26,29). The van der Waals surface area contributed by atoms with Gasteiger partial charge in [-0.05, 0) is 48.7 Å². The van der Waals surface area contributed by atoms with Gasteiger partial charge in [0.05, 0.1) is 4.88 Å². The lowest BCUT2D eigenvalue weighted by Crippen LogP contribution is -2.32. The minimum absolute atomic E-state index is 0.0899. The van der Waals surface area contributed by atoms with Crippen LogP contribution >= 0.6 is 11.3 Å². The number of anilines is 1. The Labute approximate surface area is 178 Å². The van der Waals surface area contributed by atoms with Crippen molar-refractivity contribution >= 4 is 29.0 Å². The molecule has 0 radical (unpaired) electrons. The molecule has 1 saturated heterocycles. The minimum Gasteiger partial charge on any atom is -0.347 e. The van der Waals surface area contributed by atoms with Gasteiger partial charge < -0.3 is 15.5 Å². The summed E-state index contributed by atoms with van der Waals surface area (Å²) in [5, 5.41) is 5.80. The fourth-order valence-corrected chi connectivity index (χ4v) is 4.37. The maximum absolute atomic E-state index is 14.0. The molecule has 154 valence electrons. The molecule has 2 heterocycles. The summed E-state index contributed by atoms with van der Waals surface area (Å²) in [6.07, 6.45) is 2.08. The molecule has 0 spiro atoms. The van der Waals surface area contributed by atoms with E-state index >= 15 is 0 Å². The van der Waals surface area contributed by atoms with Crippen molar-refractivity contribution in [3.8, 4) is 10.4 Å². The van der Waals surface area contributed by atoms with E-state index in [0.29, 0.717) is 27.5 Å². The Morgan fingerprint density at radius 1 is 1.00 bits per heavy atom. The molecule has 4 rings (SSSR count). The summed E-state index contributed by atoms with van der Waals surface area (Å²) in [4.78, 5) is 27.8. The molecule has 30 heavy (non-hydrogen) atoms. The van der Waals surface area contributed by atoms with Gasteiger partial charge in [0.1, 0.15) is 5.82 Å². The molecule has 0 atom stereocenters. The van der Waals surface area contributed by atoms with Crippen molar-refractivity contribution in [2.24, 2.45) is 0 Å². The van der Waals surface area contributed by atoms with Gasteiger partial charge in [0, 0.05) is 35.8 Å².